The highest BCUT2D eigenvalue weighted by Crippen LogP contribution is 2.27. The van der Waals surface area contributed by atoms with Crippen LogP contribution in [0.3, 0.4) is 0 Å². The zero-order valence-corrected chi connectivity index (χ0v) is 13.7. The van der Waals surface area contributed by atoms with Crippen molar-refractivity contribution in [1.29, 1.82) is 0 Å². The number of rotatable bonds is 6. The Morgan fingerprint density at radius 3 is 2.59 bits per heavy atom. The molecule has 0 aliphatic carbocycles. The molecule has 0 aliphatic heterocycles. The topological polar surface area (TPSA) is 80.9 Å². The molecule has 0 radical (unpaired) electrons. The molecule has 2 aromatic rings. The Balaban J connectivity index is 2.00. The first kappa shape index (κ1) is 16.4. The van der Waals surface area contributed by atoms with E-state index >= 15 is 0 Å². The molecule has 0 fully saturated rings. The third-order valence-corrected chi connectivity index (χ3v) is 3.45. The fourth-order valence-corrected chi connectivity index (χ4v) is 2.20. The number of furan rings is 1. The van der Waals surface area contributed by atoms with E-state index in [4.69, 9.17) is 13.9 Å². The van der Waals surface area contributed by atoms with Crippen LogP contribution in [0.1, 0.15) is 22.2 Å². The van der Waals surface area contributed by atoms with Gasteiger partial charge in [0, 0.05) is 5.56 Å². The molecule has 6 nitrogen and oxygen atoms in total. The number of aliphatic hydroxyl groups excluding tert-OH is 1. The first-order valence-corrected chi connectivity index (χ1v) is 7.28. The Kier molecular flexibility index (Phi) is 5.46. The summed E-state index contributed by atoms with van der Waals surface area (Å²) >= 11 is 3.16. The molecular weight excluding hydrogens is 354 g/mol. The zero-order chi connectivity index (χ0) is 16.1. The molecule has 7 heteroatoms. The van der Waals surface area contributed by atoms with E-state index in [-0.39, 0.29) is 12.5 Å². The summed E-state index contributed by atoms with van der Waals surface area (Å²) in [6.07, 6.45) is -0.921. The number of hydrogen-bond acceptors (Lipinski definition) is 5. The number of carbonyl (C=O) groups is 1. The Bertz CT molecular complexity index is 655. The number of ether oxygens (including phenoxy) is 2. The molecule has 0 spiro atoms. The summed E-state index contributed by atoms with van der Waals surface area (Å²) in [5.74, 6) is 1.05. The zero-order valence-electron chi connectivity index (χ0n) is 12.1. The second kappa shape index (κ2) is 7.33. The van der Waals surface area contributed by atoms with Crippen LogP contribution in [0.25, 0.3) is 0 Å². The fourth-order valence-electron chi connectivity index (χ4n) is 1.88. The van der Waals surface area contributed by atoms with Gasteiger partial charge >= 0.3 is 0 Å². The van der Waals surface area contributed by atoms with Crippen LogP contribution < -0.4 is 14.8 Å². The van der Waals surface area contributed by atoms with Crippen LogP contribution in [-0.2, 0) is 0 Å². The van der Waals surface area contributed by atoms with Gasteiger partial charge < -0.3 is 24.3 Å². The van der Waals surface area contributed by atoms with Crippen LogP contribution in [0, 0.1) is 0 Å². The summed E-state index contributed by atoms with van der Waals surface area (Å²) in [6, 6.07) is 8.15. The van der Waals surface area contributed by atoms with Crippen molar-refractivity contribution in [2.24, 2.45) is 0 Å². The van der Waals surface area contributed by atoms with Gasteiger partial charge in [-0.05, 0) is 46.3 Å². The standard InChI is InChI=1S/C15H16BrNO5/c1-20-12-4-3-9(7-13(12)21-2)15(19)17-8-10(18)11-5-6-14(16)22-11/h3-7,10,18H,8H2,1-2H3,(H,17,19). The predicted molar refractivity (Wildman–Crippen MR) is 83.2 cm³/mol. The highest BCUT2D eigenvalue weighted by Gasteiger charge is 2.15. The summed E-state index contributed by atoms with van der Waals surface area (Å²) in [6.45, 7) is 0.0349. The summed E-state index contributed by atoms with van der Waals surface area (Å²) in [4.78, 5) is 12.1. The van der Waals surface area contributed by atoms with Crippen molar-refractivity contribution in [3.05, 3.63) is 46.3 Å². The van der Waals surface area contributed by atoms with Gasteiger partial charge in [0.1, 0.15) is 11.9 Å². The molecule has 1 atom stereocenters. The lowest BCUT2D eigenvalue weighted by atomic mass is 10.2. The minimum absolute atomic E-state index is 0.0349. The summed E-state index contributed by atoms with van der Waals surface area (Å²) in [5.41, 5.74) is 0.408. The summed E-state index contributed by atoms with van der Waals surface area (Å²) < 4.78 is 16.0. The van der Waals surface area contributed by atoms with Gasteiger partial charge in [0.25, 0.3) is 5.91 Å². The van der Waals surface area contributed by atoms with Gasteiger partial charge in [-0.25, -0.2) is 0 Å². The van der Waals surface area contributed by atoms with Gasteiger partial charge in [0.15, 0.2) is 16.2 Å². The molecule has 0 saturated carbocycles. The number of hydrogen-bond donors (Lipinski definition) is 2. The molecule has 0 bridgehead atoms. The average Bonchev–Trinajstić information content (AvgIpc) is 2.98. The van der Waals surface area contributed by atoms with Crippen LogP contribution in [0.2, 0.25) is 0 Å². The minimum atomic E-state index is -0.921. The number of methoxy groups -OCH3 is 2. The van der Waals surface area contributed by atoms with Gasteiger partial charge in [-0.3, -0.25) is 4.79 Å². The van der Waals surface area contributed by atoms with E-state index in [1.165, 1.54) is 14.2 Å². The highest BCUT2D eigenvalue weighted by atomic mass is 79.9. The van der Waals surface area contributed by atoms with Crippen molar-refractivity contribution < 1.29 is 23.8 Å². The molecular formula is C15H16BrNO5. The fraction of sp³-hybridized carbons (Fsp3) is 0.267. The van der Waals surface area contributed by atoms with E-state index in [0.717, 1.165) is 0 Å². The molecule has 0 saturated heterocycles. The van der Waals surface area contributed by atoms with Crippen LogP contribution in [0.15, 0.2) is 39.4 Å². The normalized spacial score (nSPS) is 11.8. The highest BCUT2D eigenvalue weighted by molar-refractivity contribution is 9.10. The average molecular weight is 370 g/mol. The van der Waals surface area contributed by atoms with Gasteiger partial charge in [0.05, 0.1) is 20.8 Å². The van der Waals surface area contributed by atoms with Gasteiger partial charge in [-0.1, -0.05) is 0 Å². The maximum atomic E-state index is 12.1. The number of nitrogens with one attached hydrogen (secondary N) is 1. The van der Waals surface area contributed by atoms with Crippen molar-refractivity contribution >= 4 is 21.8 Å². The smallest absolute Gasteiger partial charge is 0.251 e. The van der Waals surface area contributed by atoms with E-state index in [0.29, 0.717) is 27.5 Å². The van der Waals surface area contributed by atoms with Crippen LogP contribution in [0.4, 0.5) is 0 Å². The van der Waals surface area contributed by atoms with Crippen molar-refractivity contribution in [2.75, 3.05) is 20.8 Å². The van der Waals surface area contributed by atoms with Gasteiger partial charge in [-0.2, -0.15) is 0 Å². The molecule has 22 heavy (non-hydrogen) atoms. The SMILES string of the molecule is COc1ccc(C(=O)NCC(O)c2ccc(Br)o2)cc1OC. The van der Waals surface area contributed by atoms with Crippen LogP contribution in [0.5, 0.6) is 11.5 Å². The first-order chi connectivity index (χ1) is 10.5. The van der Waals surface area contributed by atoms with E-state index in [2.05, 4.69) is 21.2 Å². The molecule has 1 aromatic carbocycles. The van der Waals surface area contributed by atoms with E-state index in [1.54, 1.807) is 30.3 Å². The number of carbonyl (C=O) groups excluding carboxylic acids is 1. The number of amides is 1. The number of halogens is 1. The maximum Gasteiger partial charge on any atom is 0.251 e. The third-order valence-electron chi connectivity index (χ3n) is 3.02. The summed E-state index contributed by atoms with van der Waals surface area (Å²) in [5, 5.41) is 12.6. The van der Waals surface area contributed by atoms with Crippen LogP contribution >= 0.6 is 15.9 Å². The van der Waals surface area contributed by atoms with Crippen LogP contribution in [-0.4, -0.2) is 31.8 Å². The molecule has 1 amide bonds. The van der Waals surface area contributed by atoms with Crippen molar-refractivity contribution in [3.8, 4) is 11.5 Å². The molecule has 1 heterocycles. The molecule has 1 unspecified atom stereocenters. The lowest BCUT2D eigenvalue weighted by molar-refractivity contribution is 0.0900. The second-order valence-corrected chi connectivity index (χ2v) is 5.22. The van der Waals surface area contributed by atoms with Crippen molar-refractivity contribution in [1.82, 2.24) is 5.32 Å². The van der Waals surface area contributed by atoms with Crippen molar-refractivity contribution in [2.45, 2.75) is 6.10 Å². The minimum Gasteiger partial charge on any atom is -0.493 e. The molecule has 118 valence electrons. The third kappa shape index (κ3) is 3.80. The van der Waals surface area contributed by atoms with E-state index < -0.39 is 6.10 Å². The lowest BCUT2D eigenvalue weighted by Crippen LogP contribution is -2.28. The Labute approximate surface area is 136 Å². The molecule has 1 aromatic heterocycles. The molecule has 2 rings (SSSR count). The van der Waals surface area contributed by atoms with E-state index in [1.807, 2.05) is 0 Å². The van der Waals surface area contributed by atoms with Gasteiger partial charge in [0.2, 0.25) is 0 Å². The van der Waals surface area contributed by atoms with E-state index in [9.17, 15) is 9.90 Å². The van der Waals surface area contributed by atoms with Crippen molar-refractivity contribution in [3.63, 3.8) is 0 Å². The number of aliphatic hydroxyl groups is 1. The second-order valence-electron chi connectivity index (χ2n) is 4.44. The molecule has 2 N–H and O–H groups in total. The monoisotopic (exact) mass is 369 g/mol. The largest absolute Gasteiger partial charge is 0.493 e. The maximum absolute atomic E-state index is 12.1. The quantitative estimate of drug-likeness (QED) is 0.817. The molecule has 0 aliphatic rings. The first-order valence-electron chi connectivity index (χ1n) is 6.48. The number of benzene rings is 1. The Morgan fingerprint density at radius 2 is 2.00 bits per heavy atom. The Morgan fingerprint density at radius 1 is 1.27 bits per heavy atom. The lowest BCUT2D eigenvalue weighted by Gasteiger charge is -2.11. The predicted octanol–water partition coefficient (Wildman–Crippen LogP) is 2.52. The summed E-state index contributed by atoms with van der Waals surface area (Å²) in [7, 11) is 3.02. The van der Waals surface area contributed by atoms with Gasteiger partial charge in [-0.15, -0.1) is 0 Å². The Hall–Kier alpha value is -1.99.